The largest absolute Gasteiger partial charge is 0.360 e. The van der Waals surface area contributed by atoms with E-state index in [9.17, 15) is 4.79 Å². The second kappa shape index (κ2) is 4.92. The lowest BCUT2D eigenvalue weighted by Gasteiger charge is -2.35. The molecule has 2 heterocycles. The maximum absolute atomic E-state index is 11.0. The predicted octanol–water partition coefficient (Wildman–Crippen LogP) is 2.39. The molecule has 2 N–H and O–H groups in total. The average Bonchev–Trinajstić information content (AvgIpc) is 2.31. The predicted molar refractivity (Wildman–Crippen MR) is 79.3 cm³/mol. The fourth-order valence-electron chi connectivity index (χ4n) is 2.02. The number of anilines is 1. The summed E-state index contributed by atoms with van der Waals surface area (Å²) >= 11 is 3.49. The van der Waals surface area contributed by atoms with Gasteiger partial charge in [-0.15, -0.1) is 0 Å². The number of hydrogen-bond donors (Lipinski definition) is 2. The SMILES string of the molecule is CC(=O)N/N=C1\Cc2c(ncc(Br)c2C)NC1(C)C. The minimum absolute atomic E-state index is 0.168. The van der Waals surface area contributed by atoms with Crippen LogP contribution in [0.1, 0.15) is 31.9 Å². The maximum atomic E-state index is 11.0. The summed E-state index contributed by atoms with van der Waals surface area (Å²) in [6.45, 7) is 7.54. The zero-order valence-electron chi connectivity index (χ0n) is 11.5. The van der Waals surface area contributed by atoms with E-state index in [0.717, 1.165) is 27.1 Å². The van der Waals surface area contributed by atoms with Gasteiger partial charge >= 0.3 is 0 Å². The zero-order valence-corrected chi connectivity index (χ0v) is 13.1. The molecular formula is C13H17BrN4O. The van der Waals surface area contributed by atoms with Crippen LogP contribution in [-0.4, -0.2) is 22.1 Å². The molecule has 0 bridgehead atoms. The summed E-state index contributed by atoms with van der Waals surface area (Å²) in [7, 11) is 0. The van der Waals surface area contributed by atoms with Crippen molar-refractivity contribution < 1.29 is 4.79 Å². The molecular weight excluding hydrogens is 308 g/mol. The quantitative estimate of drug-likeness (QED) is 0.779. The molecule has 1 aliphatic heterocycles. The van der Waals surface area contributed by atoms with Crippen molar-refractivity contribution in [3.63, 3.8) is 0 Å². The summed E-state index contributed by atoms with van der Waals surface area (Å²) in [4.78, 5) is 15.4. The van der Waals surface area contributed by atoms with Gasteiger partial charge in [0.2, 0.25) is 5.91 Å². The number of hydrazone groups is 1. The van der Waals surface area contributed by atoms with E-state index >= 15 is 0 Å². The summed E-state index contributed by atoms with van der Waals surface area (Å²) in [6, 6.07) is 0. The van der Waals surface area contributed by atoms with Crippen LogP contribution in [-0.2, 0) is 11.2 Å². The average molecular weight is 325 g/mol. The molecule has 6 heteroatoms. The van der Waals surface area contributed by atoms with Crippen molar-refractivity contribution in [3.8, 4) is 0 Å². The van der Waals surface area contributed by atoms with Gasteiger partial charge in [0, 0.05) is 29.6 Å². The second-order valence-corrected chi connectivity index (χ2v) is 6.07. The highest BCUT2D eigenvalue weighted by molar-refractivity contribution is 9.10. The van der Waals surface area contributed by atoms with Crippen LogP contribution in [0.2, 0.25) is 0 Å². The van der Waals surface area contributed by atoms with Crippen LogP contribution in [0.15, 0.2) is 15.8 Å². The Labute approximate surface area is 121 Å². The van der Waals surface area contributed by atoms with E-state index in [2.05, 4.69) is 36.8 Å². The minimum atomic E-state index is -0.331. The Morgan fingerprint density at radius 1 is 1.58 bits per heavy atom. The Morgan fingerprint density at radius 2 is 2.26 bits per heavy atom. The van der Waals surface area contributed by atoms with Gasteiger partial charge in [-0.05, 0) is 42.3 Å². The van der Waals surface area contributed by atoms with E-state index in [1.165, 1.54) is 6.92 Å². The molecule has 2 rings (SSSR count). The van der Waals surface area contributed by atoms with Gasteiger partial charge in [-0.25, -0.2) is 10.4 Å². The topological polar surface area (TPSA) is 66.4 Å². The van der Waals surface area contributed by atoms with E-state index in [4.69, 9.17) is 0 Å². The highest BCUT2D eigenvalue weighted by Gasteiger charge is 2.33. The molecule has 0 unspecified atom stereocenters. The Hall–Kier alpha value is -1.43. The van der Waals surface area contributed by atoms with Gasteiger partial charge in [-0.1, -0.05) is 0 Å². The molecule has 0 aromatic carbocycles. The van der Waals surface area contributed by atoms with E-state index < -0.39 is 0 Å². The summed E-state index contributed by atoms with van der Waals surface area (Å²) in [6.07, 6.45) is 2.47. The van der Waals surface area contributed by atoms with Crippen molar-refractivity contribution in [2.45, 2.75) is 39.7 Å². The third-order valence-electron chi connectivity index (χ3n) is 3.25. The van der Waals surface area contributed by atoms with E-state index in [-0.39, 0.29) is 11.4 Å². The van der Waals surface area contributed by atoms with Crippen LogP contribution in [0, 0.1) is 6.92 Å². The molecule has 0 aliphatic carbocycles. The third kappa shape index (κ3) is 2.78. The number of halogens is 1. The lowest BCUT2D eigenvalue weighted by molar-refractivity contribution is -0.118. The molecule has 1 aliphatic rings. The molecule has 1 aromatic heterocycles. The lowest BCUT2D eigenvalue weighted by Crippen LogP contribution is -2.46. The number of carbonyl (C=O) groups is 1. The van der Waals surface area contributed by atoms with Crippen molar-refractivity contribution in [3.05, 3.63) is 21.8 Å². The minimum Gasteiger partial charge on any atom is -0.360 e. The molecule has 1 amide bonds. The normalized spacial score (nSPS) is 18.7. The summed E-state index contributed by atoms with van der Waals surface area (Å²) in [5, 5.41) is 7.58. The number of aromatic nitrogens is 1. The lowest BCUT2D eigenvalue weighted by atomic mass is 9.87. The third-order valence-corrected chi connectivity index (χ3v) is 4.05. The first-order valence-electron chi connectivity index (χ1n) is 6.07. The molecule has 19 heavy (non-hydrogen) atoms. The molecule has 0 saturated heterocycles. The van der Waals surface area contributed by atoms with Gasteiger partial charge in [0.1, 0.15) is 5.82 Å². The molecule has 0 atom stereocenters. The van der Waals surface area contributed by atoms with Crippen molar-refractivity contribution in [1.29, 1.82) is 0 Å². The Morgan fingerprint density at radius 3 is 2.89 bits per heavy atom. The number of rotatable bonds is 1. The van der Waals surface area contributed by atoms with Crippen LogP contribution in [0.3, 0.4) is 0 Å². The Balaban J connectivity index is 2.43. The van der Waals surface area contributed by atoms with E-state index in [0.29, 0.717) is 6.42 Å². The van der Waals surface area contributed by atoms with E-state index in [1.807, 2.05) is 20.8 Å². The van der Waals surface area contributed by atoms with Crippen LogP contribution in [0.5, 0.6) is 0 Å². The monoisotopic (exact) mass is 324 g/mol. The molecule has 0 spiro atoms. The van der Waals surface area contributed by atoms with Crippen molar-refractivity contribution >= 4 is 33.4 Å². The molecule has 5 nitrogen and oxygen atoms in total. The number of carbonyl (C=O) groups excluding carboxylic acids is 1. The van der Waals surface area contributed by atoms with Crippen LogP contribution < -0.4 is 10.7 Å². The van der Waals surface area contributed by atoms with Gasteiger partial charge in [0.25, 0.3) is 0 Å². The van der Waals surface area contributed by atoms with Crippen LogP contribution in [0.25, 0.3) is 0 Å². The summed E-state index contributed by atoms with van der Waals surface area (Å²) in [5.41, 5.74) is 5.32. The number of amides is 1. The molecule has 102 valence electrons. The van der Waals surface area contributed by atoms with E-state index in [1.54, 1.807) is 6.20 Å². The summed E-state index contributed by atoms with van der Waals surface area (Å²) < 4.78 is 0.978. The van der Waals surface area contributed by atoms with Crippen LogP contribution >= 0.6 is 15.9 Å². The first-order valence-corrected chi connectivity index (χ1v) is 6.86. The summed E-state index contributed by atoms with van der Waals surface area (Å²) in [5.74, 6) is 0.714. The first-order chi connectivity index (χ1) is 8.81. The Bertz CT molecular complexity index is 566. The van der Waals surface area contributed by atoms with Crippen molar-refractivity contribution in [2.75, 3.05) is 5.32 Å². The van der Waals surface area contributed by atoms with Crippen LogP contribution in [0.4, 0.5) is 5.82 Å². The van der Waals surface area contributed by atoms with Crippen molar-refractivity contribution in [2.24, 2.45) is 5.10 Å². The number of nitrogens with zero attached hydrogens (tertiary/aromatic N) is 2. The van der Waals surface area contributed by atoms with Gasteiger partial charge in [-0.2, -0.15) is 5.10 Å². The number of nitrogens with one attached hydrogen (secondary N) is 2. The van der Waals surface area contributed by atoms with Gasteiger partial charge in [-0.3, -0.25) is 4.79 Å². The Kier molecular flexibility index (Phi) is 3.62. The fourth-order valence-corrected chi connectivity index (χ4v) is 2.37. The first kappa shape index (κ1) is 14.0. The maximum Gasteiger partial charge on any atom is 0.236 e. The van der Waals surface area contributed by atoms with Gasteiger partial charge < -0.3 is 5.32 Å². The zero-order chi connectivity index (χ0) is 14.2. The number of fused-ring (bicyclic) bond motifs is 1. The van der Waals surface area contributed by atoms with Crippen molar-refractivity contribution in [1.82, 2.24) is 10.4 Å². The highest BCUT2D eigenvalue weighted by Crippen LogP contribution is 2.32. The molecule has 1 aromatic rings. The molecule has 0 fully saturated rings. The fraction of sp³-hybridized carbons (Fsp3) is 0.462. The molecule has 0 radical (unpaired) electrons. The smallest absolute Gasteiger partial charge is 0.236 e. The molecule has 0 saturated carbocycles. The number of hydrogen-bond acceptors (Lipinski definition) is 4. The second-order valence-electron chi connectivity index (χ2n) is 5.21. The highest BCUT2D eigenvalue weighted by atomic mass is 79.9. The van der Waals surface area contributed by atoms with Gasteiger partial charge in [0.05, 0.1) is 11.3 Å². The standard InChI is InChI=1S/C13H17BrN4O/c1-7-9-5-11(18-17-8(2)19)13(3,4)16-12(9)15-6-10(7)14/h6H,5H2,1-4H3,(H,15,16)(H,17,19)/b18-11+. The van der Waals surface area contributed by atoms with Gasteiger partial charge in [0.15, 0.2) is 0 Å². The number of pyridine rings is 1.